The molecule has 1 heterocycles. The summed E-state index contributed by atoms with van der Waals surface area (Å²) in [6.07, 6.45) is -0.506. The Balaban J connectivity index is 2.62. The fraction of sp³-hybridized carbons (Fsp3) is 0.455. The zero-order valence-electron chi connectivity index (χ0n) is 10.00. The largest absolute Gasteiger partial charge is 0.444 e. The summed E-state index contributed by atoms with van der Waals surface area (Å²) in [6, 6.07) is 5.30. The van der Waals surface area contributed by atoms with Gasteiger partial charge in [0.1, 0.15) is 17.2 Å². The van der Waals surface area contributed by atoms with E-state index in [-0.39, 0.29) is 0 Å². The number of anilines is 2. The fourth-order valence-corrected chi connectivity index (χ4v) is 1.05. The number of aromatic nitrogens is 1. The molecule has 0 radical (unpaired) electrons. The third-order valence-electron chi connectivity index (χ3n) is 1.63. The van der Waals surface area contributed by atoms with Crippen LogP contribution in [0.1, 0.15) is 20.8 Å². The smallest absolute Gasteiger partial charge is 0.413 e. The Bertz CT molecular complexity index is 372. The molecule has 0 saturated heterocycles. The lowest BCUT2D eigenvalue weighted by Crippen LogP contribution is -2.27. The number of nitrogens with zero attached hydrogens (tertiary/aromatic N) is 1. The van der Waals surface area contributed by atoms with Crippen LogP contribution in [0, 0.1) is 0 Å². The first kappa shape index (κ1) is 12.3. The van der Waals surface area contributed by atoms with Crippen molar-refractivity contribution in [1.82, 2.24) is 4.98 Å². The highest BCUT2D eigenvalue weighted by atomic mass is 16.6. The van der Waals surface area contributed by atoms with E-state index in [1.165, 1.54) is 0 Å². The molecular formula is C11H17N3O2. The highest BCUT2D eigenvalue weighted by Crippen LogP contribution is 2.11. The van der Waals surface area contributed by atoms with Gasteiger partial charge < -0.3 is 10.1 Å². The number of ether oxygens (including phenoxy) is 1. The van der Waals surface area contributed by atoms with E-state index >= 15 is 0 Å². The number of amides is 1. The highest BCUT2D eigenvalue weighted by Gasteiger charge is 2.16. The van der Waals surface area contributed by atoms with Gasteiger partial charge >= 0.3 is 6.09 Å². The first-order valence-corrected chi connectivity index (χ1v) is 5.05. The van der Waals surface area contributed by atoms with Crippen LogP contribution in [0.2, 0.25) is 0 Å². The summed E-state index contributed by atoms with van der Waals surface area (Å²) in [6.45, 7) is 5.43. The van der Waals surface area contributed by atoms with Crippen molar-refractivity contribution in [2.45, 2.75) is 26.4 Å². The standard InChI is InChI=1S/C11H17N3O2/c1-11(2,3)16-10(15)14-9-7-5-6-8(12-4)13-9/h5-7H,1-4H3,(H2,12,13,14,15). The minimum absolute atomic E-state index is 0.459. The maximum Gasteiger partial charge on any atom is 0.413 e. The van der Waals surface area contributed by atoms with Crippen LogP contribution < -0.4 is 10.6 Å². The van der Waals surface area contributed by atoms with Crippen LogP contribution in [0.4, 0.5) is 16.4 Å². The van der Waals surface area contributed by atoms with Crippen molar-refractivity contribution in [3.05, 3.63) is 18.2 Å². The maximum absolute atomic E-state index is 11.4. The molecule has 0 atom stereocenters. The molecule has 2 N–H and O–H groups in total. The number of carbonyl (C=O) groups excluding carboxylic acids is 1. The molecule has 0 aliphatic heterocycles. The van der Waals surface area contributed by atoms with Crippen molar-refractivity contribution in [1.29, 1.82) is 0 Å². The van der Waals surface area contributed by atoms with Gasteiger partial charge in [0.2, 0.25) is 0 Å². The summed E-state index contributed by atoms with van der Waals surface area (Å²) < 4.78 is 5.10. The molecule has 0 fully saturated rings. The number of pyridine rings is 1. The van der Waals surface area contributed by atoms with E-state index in [2.05, 4.69) is 15.6 Å². The zero-order chi connectivity index (χ0) is 12.2. The van der Waals surface area contributed by atoms with E-state index in [1.807, 2.05) is 20.8 Å². The average Bonchev–Trinajstić information content (AvgIpc) is 2.15. The van der Waals surface area contributed by atoms with E-state index < -0.39 is 11.7 Å². The van der Waals surface area contributed by atoms with Crippen LogP contribution in [0.3, 0.4) is 0 Å². The molecule has 88 valence electrons. The maximum atomic E-state index is 11.4. The number of carbonyl (C=O) groups is 1. The van der Waals surface area contributed by atoms with Crippen LogP contribution in [-0.2, 0) is 4.74 Å². The van der Waals surface area contributed by atoms with Crippen molar-refractivity contribution in [2.24, 2.45) is 0 Å². The van der Waals surface area contributed by atoms with Gasteiger partial charge in [0.05, 0.1) is 0 Å². The molecule has 1 aromatic rings. The van der Waals surface area contributed by atoms with Crippen molar-refractivity contribution >= 4 is 17.7 Å². The second-order valence-corrected chi connectivity index (χ2v) is 4.28. The predicted molar refractivity (Wildman–Crippen MR) is 63.6 cm³/mol. The SMILES string of the molecule is CNc1cccc(NC(=O)OC(C)(C)C)n1. The molecule has 16 heavy (non-hydrogen) atoms. The molecule has 1 amide bonds. The molecule has 5 nitrogen and oxygen atoms in total. The monoisotopic (exact) mass is 223 g/mol. The second-order valence-electron chi connectivity index (χ2n) is 4.28. The van der Waals surface area contributed by atoms with Gasteiger partial charge in [0, 0.05) is 7.05 Å². The summed E-state index contributed by atoms with van der Waals surface area (Å²) in [5.74, 6) is 1.15. The summed E-state index contributed by atoms with van der Waals surface area (Å²) >= 11 is 0. The first-order valence-electron chi connectivity index (χ1n) is 5.05. The van der Waals surface area contributed by atoms with Gasteiger partial charge in [-0.25, -0.2) is 9.78 Å². The van der Waals surface area contributed by atoms with Gasteiger partial charge in [-0.1, -0.05) is 6.07 Å². The molecule has 0 aliphatic carbocycles. The lowest BCUT2D eigenvalue weighted by atomic mass is 10.2. The lowest BCUT2D eigenvalue weighted by Gasteiger charge is -2.19. The Morgan fingerprint density at radius 2 is 1.94 bits per heavy atom. The van der Waals surface area contributed by atoms with E-state index in [0.29, 0.717) is 11.6 Å². The number of hydrogen-bond acceptors (Lipinski definition) is 4. The topological polar surface area (TPSA) is 63.2 Å². The molecule has 0 bridgehead atoms. The summed E-state index contributed by atoms with van der Waals surface area (Å²) in [5, 5.41) is 5.45. The minimum atomic E-state index is -0.509. The van der Waals surface area contributed by atoms with E-state index in [0.717, 1.165) is 0 Å². The van der Waals surface area contributed by atoms with E-state index in [1.54, 1.807) is 25.2 Å². The highest BCUT2D eigenvalue weighted by molar-refractivity contribution is 5.83. The Morgan fingerprint density at radius 1 is 1.31 bits per heavy atom. The van der Waals surface area contributed by atoms with Crippen molar-refractivity contribution in [3.63, 3.8) is 0 Å². The Labute approximate surface area is 95.2 Å². The van der Waals surface area contributed by atoms with Crippen LogP contribution in [0.15, 0.2) is 18.2 Å². The molecule has 0 saturated carbocycles. The quantitative estimate of drug-likeness (QED) is 0.808. The average molecular weight is 223 g/mol. The van der Waals surface area contributed by atoms with Gasteiger partial charge in [-0.15, -0.1) is 0 Å². The molecule has 1 rings (SSSR count). The van der Waals surface area contributed by atoms with Gasteiger partial charge in [0.15, 0.2) is 0 Å². The third-order valence-corrected chi connectivity index (χ3v) is 1.63. The van der Waals surface area contributed by atoms with Crippen molar-refractivity contribution in [3.8, 4) is 0 Å². The lowest BCUT2D eigenvalue weighted by molar-refractivity contribution is 0.0635. The van der Waals surface area contributed by atoms with Gasteiger partial charge in [-0.2, -0.15) is 0 Å². The molecule has 0 unspecified atom stereocenters. The molecular weight excluding hydrogens is 206 g/mol. The molecule has 5 heteroatoms. The number of nitrogens with one attached hydrogen (secondary N) is 2. The molecule has 0 spiro atoms. The summed E-state index contributed by atoms with van der Waals surface area (Å²) in [5.41, 5.74) is -0.509. The summed E-state index contributed by atoms with van der Waals surface area (Å²) in [7, 11) is 1.76. The Hall–Kier alpha value is -1.78. The Kier molecular flexibility index (Phi) is 3.71. The van der Waals surface area contributed by atoms with E-state index in [4.69, 9.17) is 4.74 Å². The van der Waals surface area contributed by atoms with Crippen LogP contribution in [0.5, 0.6) is 0 Å². The summed E-state index contributed by atoms with van der Waals surface area (Å²) in [4.78, 5) is 15.6. The number of rotatable bonds is 2. The fourth-order valence-electron chi connectivity index (χ4n) is 1.05. The molecule has 1 aromatic heterocycles. The minimum Gasteiger partial charge on any atom is -0.444 e. The zero-order valence-corrected chi connectivity index (χ0v) is 10.00. The van der Waals surface area contributed by atoms with Gasteiger partial charge in [0.25, 0.3) is 0 Å². The first-order chi connectivity index (χ1) is 7.40. The van der Waals surface area contributed by atoms with Gasteiger partial charge in [-0.05, 0) is 32.9 Å². The Morgan fingerprint density at radius 3 is 2.50 bits per heavy atom. The molecule has 0 aromatic carbocycles. The van der Waals surface area contributed by atoms with Crippen molar-refractivity contribution in [2.75, 3.05) is 17.7 Å². The molecule has 0 aliphatic rings. The van der Waals surface area contributed by atoms with Gasteiger partial charge in [-0.3, -0.25) is 5.32 Å². The van der Waals surface area contributed by atoms with E-state index in [9.17, 15) is 4.79 Å². The predicted octanol–water partition coefficient (Wildman–Crippen LogP) is 2.47. The van der Waals surface area contributed by atoms with Crippen molar-refractivity contribution < 1.29 is 9.53 Å². The number of hydrogen-bond donors (Lipinski definition) is 2. The van der Waals surface area contributed by atoms with Crippen LogP contribution in [-0.4, -0.2) is 23.7 Å². The normalized spacial score (nSPS) is 10.8. The second kappa shape index (κ2) is 4.83. The third kappa shape index (κ3) is 4.16. The van der Waals surface area contributed by atoms with Crippen LogP contribution >= 0.6 is 0 Å². The van der Waals surface area contributed by atoms with Crippen LogP contribution in [0.25, 0.3) is 0 Å².